The van der Waals surface area contributed by atoms with Gasteiger partial charge in [0, 0.05) is 71.3 Å². The van der Waals surface area contributed by atoms with E-state index in [0.717, 1.165) is 71.4 Å². The van der Waals surface area contributed by atoms with E-state index in [2.05, 4.69) is 59.6 Å². The first-order valence-electron chi connectivity index (χ1n) is 15.9. The number of carbonyl (C=O) groups is 1. The first kappa shape index (κ1) is 32.8. The summed E-state index contributed by atoms with van der Waals surface area (Å²) >= 11 is 0. The van der Waals surface area contributed by atoms with Crippen molar-refractivity contribution < 1.29 is 4.79 Å². The highest BCUT2D eigenvalue weighted by molar-refractivity contribution is 5.94. The Hall–Kier alpha value is -4.62. The van der Waals surface area contributed by atoms with Crippen LogP contribution in [0.4, 0.5) is 0 Å². The fraction of sp³-hybridized carbons (Fsp3) is 0.444. The Kier molecular flexibility index (Phi) is 9.27. The molecule has 1 aromatic heterocycles. The zero-order valence-electron chi connectivity index (χ0n) is 28.0. The van der Waals surface area contributed by atoms with Gasteiger partial charge in [0.2, 0.25) is 0 Å². The summed E-state index contributed by atoms with van der Waals surface area (Å²) in [4.78, 5) is 34.9. The molecule has 1 aliphatic carbocycles. The molecule has 46 heavy (non-hydrogen) atoms. The summed E-state index contributed by atoms with van der Waals surface area (Å²) in [6, 6.07) is 14.6. The summed E-state index contributed by atoms with van der Waals surface area (Å²) in [6.07, 6.45) is 3.88. The topological polar surface area (TPSA) is 113 Å². The van der Waals surface area contributed by atoms with Crippen LogP contribution in [0.5, 0.6) is 0 Å². The normalized spacial score (nSPS) is 19.4. The molecule has 0 saturated carbocycles. The number of amides is 1. The Morgan fingerprint density at radius 3 is 2.30 bits per heavy atom. The minimum absolute atomic E-state index is 0.0521. The van der Waals surface area contributed by atoms with E-state index in [4.69, 9.17) is 5.10 Å². The highest BCUT2D eigenvalue weighted by Gasteiger charge is 2.45. The van der Waals surface area contributed by atoms with Crippen molar-refractivity contribution in [2.45, 2.75) is 56.5 Å². The zero-order valence-corrected chi connectivity index (χ0v) is 28.0. The molecule has 5 rings (SSSR count). The molecule has 1 saturated heterocycles. The summed E-state index contributed by atoms with van der Waals surface area (Å²) < 4.78 is 1.35. The second-order valence-corrected chi connectivity index (χ2v) is 13.1. The summed E-state index contributed by atoms with van der Waals surface area (Å²) in [6.45, 7) is 12.1. The van der Waals surface area contributed by atoms with Gasteiger partial charge in [0.25, 0.3) is 5.91 Å². The Morgan fingerprint density at radius 2 is 1.74 bits per heavy atom. The number of aromatic nitrogens is 3. The largest absolute Gasteiger partial charge is 0.378 e. The third-order valence-corrected chi connectivity index (χ3v) is 9.57. The van der Waals surface area contributed by atoms with Crippen molar-refractivity contribution in [2.75, 3.05) is 41.3 Å². The molecule has 1 fully saturated rings. The third-order valence-electron chi connectivity index (χ3n) is 9.57. The molecule has 2 N–H and O–H groups in total. The molecule has 242 valence electrons. The highest BCUT2D eigenvalue weighted by atomic mass is 16.2. The first-order valence-corrected chi connectivity index (χ1v) is 15.9. The number of nitriles is 1. The molecular weight excluding hydrogens is 576 g/mol. The molecule has 0 bridgehead atoms. The number of aromatic amines is 1. The van der Waals surface area contributed by atoms with Gasteiger partial charge in [-0.05, 0) is 85.0 Å². The lowest BCUT2D eigenvalue weighted by molar-refractivity contribution is 0.0827. The number of aryl methyl sites for hydroxylation is 3. The van der Waals surface area contributed by atoms with Crippen LogP contribution in [-0.2, 0) is 25.3 Å². The Balaban J connectivity index is 1.66. The van der Waals surface area contributed by atoms with Crippen molar-refractivity contribution in [1.82, 2.24) is 34.8 Å². The van der Waals surface area contributed by atoms with E-state index in [-0.39, 0.29) is 23.7 Å². The van der Waals surface area contributed by atoms with E-state index >= 15 is 0 Å². The van der Waals surface area contributed by atoms with Crippen LogP contribution in [0.25, 0.3) is 5.70 Å². The van der Waals surface area contributed by atoms with E-state index in [0.29, 0.717) is 24.4 Å². The van der Waals surface area contributed by atoms with E-state index < -0.39 is 5.41 Å². The van der Waals surface area contributed by atoms with Gasteiger partial charge in [-0.25, -0.2) is 9.48 Å². The van der Waals surface area contributed by atoms with Gasteiger partial charge in [-0.15, -0.1) is 0 Å². The maximum atomic E-state index is 13.1. The number of H-pyrrole nitrogens is 1. The number of rotatable bonds is 10. The van der Waals surface area contributed by atoms with E-state index in [1.54, 1.807) is 26.0 Å². The van der Waals surface area contributed by atoms with E-state index in [1.807, 2.05) is 37.2 Å². The quantitative estimate of drug-likeness (QED) is 0.355. The van der Waals surface area contributed by atoms with Gasteiger partial charge in [0.15, 0.2) is 0 Å². The fourth-order valence-electron chi connectivity index (χ4n) is 7.05. The van der Waals surface area contributed by atoms with Crippen LogP contribution in [-0.4, -0.2) is 88.7 Å². The van der Waals surface area contributed by atoms with Crippen molar-refractivity contribution in [3.63, 3.8) is 0 Å². The molecule has 1 aliphatic heterocycles. The summed E-state index contributed by atoms with van der Waals surface area (Å²) in [5, 5.41) is 18.1. The number of likely N-dealkylation sites (tertiary alicyclic amines) is 1. The predicted molar refractivity (Wildman–Crippen MR) is 181 cm³/mol. The Labute approximate surface area is 272 Å². The molecular formula is C36H46N8O2. The standard InChI is InChI=1S/C36H46N8O2/c1-23(38-22-24(2)44-17-9-10-30(44)21-37)20-36(34-39-35(46)43(8)40-34)31-15-13-26(25(3)41(4)5)18-27(31)11-12-28-19-29(14-16-32(28)36)33(45)42(6)7/h13-16,18-19,23,30,38H,2-3,9-12,17,20,22H2,1,4-8H3,(H,39,40,46)/t23-,30?,36?/m0/s1. The lowest BCUT2D eigenvalue weighted by Gasteiger charge is -2.37. The summed E-state index contributed by atoms with van der Waals surface area (Å²) in [5.74, 6) is 0.504. The average Bonchev–Trinajstić information content (AvgIpc) is 3.63. The van der Waals surface area contributed by atoms with Crippen LogP contribution >= 0.6 is 0 Å². The van der Waals surface area contributed by atoms with Crippen LogP contribution in [0.2, 0.25) is 0 Å². The van der Waals surface area contributed by atoms with Gasteiger partial charge in [-0.3, -0.25) is 9.78 Å². The minimum Gasteiger partial charge on any atom is -0.378 e. The van der Waals surface area contributed by atoms with Gasteiger partial charge in [-0.2, -0.15) is 10.4 Å². The molecule has 0 spiro atoms. The molecule has 0 radical (unpaired) electrons. The van der Waals surface area contributed by atoms with Crippen molar-refractivity contribution in [1.29, 1.82) is 5.26 Å². The monoisotopic (exact) mass is 622 g/mol. The van der Waals surface area contributed by atoms with Crippen LogP contribution < -0.4 is 11.0 Å². The Morgan fingerprint density at radius 1 is 1.11 bits per heavy atom. The average molecular weight is 623 g/mol. The number of hydrogen-bond acceptors (Lipinski definition) is 7. The highest BCUT2D eigenvalue weighted by Crippen LogP contribution is 2.47. The smallest absolute Gasteiger partial charge is 0.343 e. The van der Waals surface area contributed by atoms with Crippen LogP contribution in [0.3, 0.4) is 0 Å². The second kappa shape index (κ2) is 13.0. The van der Waals surface area contributed by atoms with Crippen LogP contribution in [0.1, 0.15) is 70.2 Å². The first-order chi connectivity index (χ1) is 21.9. The molecule has 2 aromatic carbocycles. The summed E-state index contributed by atoms with van der Waals surface area (Å²) in [7, 11) is 9.14. The van der Waals surface area contributed by atoms with E-state index in [9.17, 15) is 14.9 Å². The van der Waals surface area contributed by atoms with Crippen molar-refractivity contribution in [3.05, 3.63) is 105 Å². The number of benzene rings is 2. The number of carbonyl (C=O) groups excluding carboxylic acids is 1. The zero-order chi connectivity index (χ0) is 33.3. The number of hydrogen-bond donors (Lipinski definition) is 2. The molecule has 2 heterocycles. The van der Waals surface area contributed by atoms with Gasteiger partial charge >= 0.3 is 5.69 Å². The molecule has 2 unspecified atom stereocenters. The van der Waals surface area contributed by atoms with Gasteiger partial charge in [-0.1, -0.05) is 31.4 Å². The Bertz CT molecular complexity index is 1690. The predicted octanol–water partition coefficient (Wildman–Crippen LogP) is 3.65. The van der Waals surface area contributed by atoms with Crippen LogP contribution in [0.15, 0.2) is 60.0 Å². The van der Waals surface area contributed by atoms with Gasteiger partial charge in [0.05, 0.1) is 11.5 Å². The second-order valence-electron chi connectivity index (χ2n) is 13.1. The molecule has 3 atom stereocenters. The van der Waals surface area contributed by atoms with E-state index in [1.165, 1.54) is 4.68 Å². The SMILES string of the molecule is C=C(c1ccc2c(c1)CCc1cc(C(=O)N(C)C)ccc1C2(C[C@H](C)NCC(=C)N1CCCC1C#N)c1nn(C)c(=O)[nH]1)N(C)C. The molecule has 1 amide bonds. The molecule has 3 aromatic rings. The molecule has 10 nitrogen and oxygen atoms in total. The summed E-state index contributed by atoms with van der Waals surface area (Å²) in [5.41, 5.74) is 6.62. The molecule has 2 aliphatic rings. The van der Waals surface area contributed by atoms with Gasteiger partial charge in [0.1, 0.15) is 11.9 Å². The maximum absolute atomic E-state index is 13.1. The van der Waals surface area contributed by atoms with Crippen molar-refractivity contribution in [2.24, 2.45) is 7.05 Å². The minimum atomic E-state index is -0.837. The van der Waals surface area contributed by atoms with Gasteiger partial charge < -0.3 is 20.0 Å². The number of nitrogens with zero attached hydrogens (tertiary/aromatic N) is 6. The van der Waals surface area contributed by atoms with Crippen molar-refractivity contribution in [3.8, 4) is 6.07 Å². The third kappa shape index (κ3) is 5.99. The molecule has 10 heteroatoms. The number of nitrogens with one attached hydrogen (secondary N) is 2. The fourth-order valence-corrected chi connectivity index (χ4v) is 7.05. The van der Waals surface area contributed by atoms with Crippen LogP contribution in [0, 0.1) is 11.3 Å². The lowest BCUT2D eigenvalue weighted by Crippen LogP contribution is -2.42. The number of fused-ring (bicyclic) bond motifs is 2. The lowest BCUT2D eigenvalue weighted by atomic mass is 9.67. The maximum Gasteiger partial charge on any atom is 0.343 e. The van der Waals surface area contributed by atoms with Crippen molar-refractivity contribution >= 4 is 11.6 Å².